The summed E-state index contributed by atoms with van der Waals surface area (Å²) >= 11 is 0. The van der Waals surface area contributed by atoms with E-state index in [4.69, 9.17) is 15.2 Å². The van der Waals surface area contributed by atoms with Gasteiger partial charge in [-0.2, -0.15) is 0 Å². The van der Waals surface area contributed by atoms with E-state index in [2.05, 4.69) is 14.9 Å². The number of nitrogens with two attached hydrogens (primary N) is 1. The summed E-state index contributed by atoms with van der Waals surface area (Å²) in [7, 11) is 1.61. The van der Waals surface area contributed by atoms with Crippen LogP contribution in [0.2, 0.25) is 0 Å². The molecule has 0 spiro atoms. The Morgan fingerprint density at radius 3 is 2.40 bits per heavy atom. The Bertz CT molecular complexity index is 1000. The molecule has 1 fully saturated rings. The zero-order valence-corrected chi connectivity index (χ0v) is 16.7. The highest BCUT2D eigenvalue weighted by Gasteiger charge is 2.24. The highest BCUT2D eigenvalue weighted by atomic mass is 16.5. The lowest BCUT2D eigenvalue weighted by Crippen LogP contribution is -2.49. The number of benzene rings is 1. The molecule has 1 aliphatic rings. The summed E-state index contributed by atoms with van der Waals surface area (Å²) in [6.07, 6.45) is 3.28. The lowest BCUT2D eigenvalue weighted by Gasteiger charge is -2.36. The fraction of sp³-hybridized carbons (Fsp3) is 0.227. The normalized spacial score (nSPS) is 13.8. The molecule has 0 radical (unpaired) electrons. The number of hydrogen-bond acceptors (Lipinski definition) is 7. The molecule has 30 heavy (non-hydrogen) atoms. The third-order valence-electron chi connectivity index (χ3n) is 4.93. The van der Waals surface area contributed by atoms with Crippen molar-refractivity contribution in [2.75, 3.05) is 43.9 Å². The molecule has 3 aromatic rings. The van der Waals surface area contributed by atoms with Gasteiger partial charge in [-0.05, 0) is 24.3 Å². The van der Waals surface area contributed by atoms with Gasteiger partial charge >= 0.3 is 0 Å². The van der Waals surface area contributed by atoms with E-state index < -0.39 is 0 Å². The van der Waals surface area contributed by atoms with Gasteiger partial charge in [0, 0.05) is 32.2 Å². The molecule has 2 N–H and O–H groups in total. The smallest absolute Gasteiger partial charge is 0.272 e. The molecule has 0 saturated carbocycles. The molecule has 0 atom stereocenters. The summed E-state index contributed by atoms with van der Waals surface area (Å²) in [6.45, 7) is 2.50. The molecule has 1 amide bonds. The predicted molar refractivity (Wildman–Crippen MR) is 114 cm³/mol. The van der Waals surface area contributed by atoms with Crippen molar-refractivity contribution in [1.29, 1.82) is 0 Å². The molecule has 1 saturated heterocycles. The highest BCUT2D eigenvalue weighted by Crippen LogP contribution is 2.29. The number of nitrogen functional groups attached to an aromatic ring is 1. The van der Waals surface area contributed by atoms with E-state index in [-0.39, 0.29) is 5.91 Å². The van der Waals surface area contributed by atoms with Gasteiger partial charge in [-0.3, -0.25) is 4.79 Å². The fourth-order valence-electron chi connectivity index (χ4n) is 3.35. The Kier molecular flexibility index (Phi) is 5.65. The Hall–Kier alpha value is -3.81. The van der Waals surface area contributed by atoms with Crippen LogP contribution in [-0.2, 0) is 0 Å². The standard InChI is InChI=1S/C22H23N5O3/c1-29-20-13-21(23)25-15-19(20)26-9-11-27(12-10-26)22(28)18-8-7-17(14-24-18)30-16-5-3-2-4-6-16/h2-8,13-15H,9-12H2,1H3,(H2,23,25). The number of rotatable bonds is 5. The van der Waals surface area contributed by atoms with Gasteiger partial charge in [-0.25, -0.2) is 9.97 Å². The van der Waals surface area contributed by atoms with Crippen molar-refractivity contribution < 1.29 is 14.3 Å². The number of carbonyl (C=O) groups excluding carboxylic acids is 1. The van der Waals surface area contributed by atoms with E-state index in [1.165, 1.54) is 0 Å². The average molecular weight is 405 g/mol. The second-order valence-corrected chi connectivity index (χ2v) is 6.85. The average Bonchev–Trinajstić information content (AvgIpc) is 2.80. The van der Waals surface area contributed by atoms with Crippen LogP contribution >= 0.6 is 0 Å². The summed E-state index contributed by atoms with van der Waals surface area (Å²) in [6, 6.07) is 14.6. The molecule has 8 nitrogen and oxygen atoms in total. The quantitative estimate of drug-likeness (QED) is 0.697. The number of hydrogen-bond donors (Lipinski definition) is 1. The third kappa shape index (κ3) is 4.27. The van der Waals surface area contributed by atoms with E-state index in [1.807, 2.05) is 30.3 Å². The van der Waals surface area contributed by atoms with Crippen LogP contribution in [-0.4, -0.2) is 54.1 Å². The first kappa shape index (κ1) is 19.5. The summed E-state index contributed by atoms with van der Waals surface area (Å²) in [5.41, 5.74) is 7.01. The van der Waals surface area contributed by atoms with Crippen LogP contribution in [0.15, 0.2) is 60.9 Å². The molecule has 8 heteroatoms. The van der Waals surface area contributed by atoms with Gasteiger partial charge in [0.1, 0.15) is 28.8 Å². The molecule has 2 aromatic heterocycles. The number of ether oxygens (including phenoxy) is 2. The number of carbonyl (C=O) groups is 1. The minimum atomic E-state index is -0.0942. The number of anilines is 2. The first-order valence-electron chi connectivity index (χ1n) is 9.67. The van der Waals surface area contributed by atoms with Crippen LogP contribution in [0.3, 0.4) is 0 Å². The lowest BCUT2D eigenvalue weighted by atomic mass is 10.2. The zero-order valence-electron chi connectivity index (χ0n) is 16.7. The second kappa shape index (κ2) is 8.69. The van der Waals surface area contributed by atoms with Crippen LogP contribution in [0, 0.1) is 0 Å². The van der Waals surface area contributed by atoms with Crippen LogP contribution < -0.4 is 20.1 Å². The Morgan fingerprint density at radius 2 is 1.73 bits per heavy atom. The van der Waals surface area contributed by atoms with Gasteiger partial charge in [0.25, 0.3) is 5.91 Å². The summed E-state index contributed by atoms with van der Waals surface area (Å²) in [4.78, 5) is 25.2. The largest absolute Gasteiger partial charge is 0.494 e. The number of pyridine rings is 2. The van der Waals surface area contributed by atoms with E-state index in [9.17, 15) is 4.79 Å². The Morgan fingerprint density at radius 1 is 0.967 bits per heavy atom. The van der Waals surface area contributed by atoms with Crippen LogP contribution in [0.25, 0.3) is 0 Å². The summed E-state index contributed by atoms with van der Waals surface area (Å²) in [5.74, 6) is 2.31. The summed E-state index contributed by atoms with van der Waals surface area (Å²) in [5, 5.41) is 0. The molecular weight excluding hydrogens is 382 g/mol. The van der Waals surface area contributed by atoms with Gasteiger partial charge in [0.05, 0.1) is 25.2 Å². The van der Waals surface area contributed by atoms with Gasteiger partial charge in [-0.1, -0.05) is 18.2 Å². The maximum absolute atomic E-state index is 12.8. The molecule has 1 aromatic carbocycles. The molecule has 0 aliphatic carbocycles. The molecule has 3 heterocycles. The second-order valence-electron chi connectivity index (χ2n) is 6.85. The molecule has 0 unspecified atom stereocenters. The Labute approximate surface area is 174 Å². The van der Waals surface area contributed by atoms with Crippen LogP contribution in [0.1, 0.15) is 10.5 Å². The van der Waals surface area contributed by atoms with Crippen molar-refractivity contribution in [2.24, 2.45) is 0 Å². The SMILES string of the molecule is COc1cc(N)ncc1N1CCN(C(=O)c2ccc(Oc3ccccc3)cn2)CC1. The number of amides is 1. The van der Waals surface area contributed by atoms with Crippen LogP contribution in [0.4, 0.5) is 11.5 Å². The number of aromatic nitrogens is 2. The van der Waals surface area contributed by atoms with Crippen molar-refractivity contribution >= 4 is 17.4 Å². The first-order valence-corrected chi connectivity index (χ1v) is 9.67. The van der Waals surface area contributed by atoms with Gasteiger partial charge < -0.3 is 25.0 Å². The van der Waals surface area contributed by atoms with Crippen molar-refractivity contribution in [3.8, 4) is 17.2 Å². The minimum absolute atomic E-state index is 0.0942. The molecular formula is C22H23N5O3. The number of piperazine rings is 1. The molecule has 1 aliphatic heterocycles. The van der Waals surface area contributed by atoms with E-state index in [0.29, 0.717) is 49.2 Å². The Balaban J connectivity index is 1.37. The first-order chi connectivity index (χ1) is 14.6. The van der Waals surface area contributed by atoms with Crippen molar-refractivity contribution in [1.82, 2.24) is 14.9 Å². The predicted octanol–water partition coefficient (Wildman–Crippen LogP) is 2.82. The molecule has 0 bridgehead atoms. The van der Waals surface area contributed by atoms with E-state index in [0.717, 1.165) is 11.4 Å². The maximum Gasteiger partial charge on any atom is 0.272 e. The molecule has 154 valence electrons. The zero-order chi connectivity index (χ0) is 20.9. The van der Waals surface area contributed by atoms with Crippen LogP contribution in [0.5, 0.6) is 17.2 Å². The number of methoxy groups -OCH3 is 1. The maximum atomic E-state index is 12.8. The van der Waals surface area contributed by atoms with Crippen molar-refractivity contribution in [2.45, 2.75) is 0 Å². The number of para-hydroxylation sites is 1. The minimum Gasteiger partial charge on any atom is -0.494 e. The van der Waals surface area contributed by atoms with Crippen molar-refractivity contribution in [3.05, 3.63) is 66.6 Å². The topological polar surface area (TPSA) is 93.8 Å². The molecule has 4 rings (SSSR count). The number of nitrogens with zero attached hydrogens (tertiary/aromatic N) is 4. The third-order valence-corrected chi connectivity index (χ3v) is 4.93. The van der Waals surface area contributed by atoms with Gasteiger partial charge in [-0.15, -0.1) is 0 Å². The highest BCUT2D eigenvalue weighted by molar-refractivity contribution is 5.92. The van der Waals surface area contributed by atoms with E-state index >= 15 is 0 Å². The fourth-order valence-corrected chi connectivity index (χ4v) is 3.35. The van der Waals surface area contributed by atoms with Crippen molar-refractivity contribution in [3.63, 3.8) is 0 Å². The monoisotopic (exact) mass is 405 g/mol. The van der Waals surface area contributed by atoms with Gasteiger partial charge in [0.15, 0.2) is 0 Å². The lowest BCUT2D eigenvalue weighted by molar-refractivity contribution is 0.0740. The summed E-state index contributed by atoms with van der Waals surface area (Å²) < 4.78 is 11.1. The van der Waals surface area contributed by atoms with E-state index in [1.54, 1.807) is 42.6 Å². The van der Waals surface area contributed by atoms with Gasteiger partial charge in [0.2, 0.25) is 0 Å².